The molecule has 0 atom stereocenters. The van der Waals surface area contributed by atoms with E-state index in [2.05, 4.69) is 0 Å². The first-order valence-electron chi connectivity index (χ1n) is 7.64. The van der Waals surface area contributed by atoms with E-state index in [1.54, 1.807) is 18.2 Å². The number of benzene rings is 1. The molecule has 0 aliphatic rings. The maximum absolute atomic E-state index is 13.0. The second-order valence-corrected chi connectivity index (χ2v) is 5.97. The zero-order valence-corrected chi connectivity index (χ0v) is 13.9. The lowest BCUT2D eigenvalue weighted by atomic mass is 10.0. The van der Waals surface area contributed by atoms with Crippen molar-refractivity contribution in [2.24, 2.45) is 5.73 Å². The first-order chi connectivity index (χ1) is 10.8. The normalized spacial score (nSPS) is 11.0. The molecule has 0 unspecified atom stereocenters. The molecule has 2 N–H and O–H groups in total. The van der Waals surface area contributed by atoms with Crippen LogP contribution in [0.2, 0.25) is 0 Å². The largest absolute Gasteiger partial charge is 0.451 e. The Bertz CT molecular complexity index is 709. The highest BCUT2D eigenvalue weighted by Crippen LogP contribution is 2.27. The van der Waals surface area contributed by atoms with Gasteiger partial charge in [-0.05, 0) is 45.9 Å². The van der Waals surface area contributed by atoms with E-state index in [0.717, 1.165) is 0 Å². The third-order valence-corrected chi connectivity index (χ3v) is 3.62. The molecule has 23 heavy (non-hydrogen) atoms. The molecule has 1 aromatic heterocycles. The molecular formula is C18H22N2O3. The molecule has 5 nitrogen and oxygen atoms in total. The van der Waals surface area contributed by atoms with Crippen LogP contribution in [0.15, 0.2) is 40.8 Å². The maximum atomic E-state index is 13.0. The standard InChI is InChI=1S/C18H22N2O3/c1-11(2)20(12(3)4)18(22)14-8-6-5-7-13(14)15-9-10-16(23-15)17(19)21/h5-12H,1-4H3,(H2,19,21). The summed E-state index contributed by atoms with van der Waals surface area (Å²) in [7, 11) is 0. The summed E-state index contributed by atoms with van der Waals surface area (Å²) in [5.74, 6) is -0.171. The first kappa shape index (κ1) is 16.8. The van der Waals surface area contributed by atoms with Crippen LogP contribution in [0.25, 0.3) is 11.3 Å². The van der Waals surface area contributed by atoms with Crippen molar-refractivity contribution in [2.75, 3.05) is 0 Å². The number of nitrogens with zero attached hydrogens (tertiary/aromatic N) is 1. The van der Waals surface area contributed by atoms with Gasteiger partial charge in [0.25, 0.3) is 11.8 Å². The van der Waals surface area contributed by atoms with Gasteiger partial charge in [-0.15, -0.1) is 0 Å². The maximum Gasteiger partial charge on any atom is 0.284 e. The third-order valence-electron chi connectivity index (χ3n) is 3.62. The predicted octanol–water partition coefficient (Wildman–Crippen LogP) is 3.30. The molecule has 0 radical (unpaired) electrons. The quantitative estimate of drug-likeness (QED) is 0.920. The Balaban J connectivity index is 2.48. The second kappa shape index (κ2) is 6.69. The van der Waals surface area contributed by atoms with Crippen LogP contribution in [0.4, 0.5) is 0 Å². The summed E-state index contributed by atoms with van der Waals surface area (Å²) < 4.78 is 5.48. The molecule has 122 valence electrons. The molecule has 0 bridgehead atoms. The fourth-order valence-electron chi connectivity index (χ4n) is 2.70. The summed E-state index contributed by atoms with van der Waals surface area (Å²) >= 11 is 0. The lowest BCUT2D eigenvalue weighted by Gasteiger charge is -2.31. The summed E-state index contributed by atoms with van der Waals surface area (Å²) in [6.45, 7) is 7.94. The molecule has 0 aliphatic heterocycles. The molecule has 1 aromatic carbocycles. The molecule has 5 heteroatoms. The highest BCUT2D eigenvalue weighted by Gasteiger charge is 2.24. The van der Waals surface area contributed by atoms with Crippen molar-refractivity contribution in [3.63, 3.8) is 0 Å². The molecular weight excluding hydrogens is 292 g/mol. The Kier molecular flexibility index (Phi) is 4.89. The molecule has 2 rings (SSSR count). The molecule has 0 saturated carbocycles. The summed E-state index contributed by atoms with van der Waals surface area (Å²) in [5.41, 5.74) is 6.41. The van der Waals surface area contributed by atoms with Crippen LogP contribution in [0.1, 0.15) is 48.6 Å². The number of carbonyl (C=O) groups excluding carboxylic acids is 2. The SMILES string of the molecule is CC(C)N(C(=O)c1ccccc1-c1ccc(C(N)=O)o1)C(C)C. The van der Waals surface area contributed by atoms with Crippen LogP contribution in [0.3, 0.4) is 0 Å². The fraction of sp³-hybridized carbons (Fsp3) is 0.333. The number of amides is 2. The van der Waals surface area contributed by atoms with Gasteiger partial charge in [0.1, 0.15) is 5.76 Å². The van der Waals surface area contributed by atoms with Crippen LogP contribution in [-0.2, 0) is 0 Å². The van der Waals surface area contributed by atoms with Gasteiger partial charge in [0, 0.05) is 17.6 Å². The molecule has 0 fully saturated rings. The van der Waals surface area contributed by atoms with Gasteiger partial charge < -0.3 is 15.1 Å². The highest BCUT2D eigenvalue weighted by atomic mass is 16.3. The van der Waals surface area contributed by atoms with Crippen molar-refractivity contribution in [1.29, 1.82) is 0 Å². The topological polar surface area (TPSA) is 76.5 Å². The van der Waals surface area contributed by atoms with Gasteiger partial charge in [0.15, 0.2) is 5.76 Å². The van der Waals surface area contributed by atoms with Crippen LogP contribution in [0, 0.1) is 0 Å². The minimum Gasteiger partial charge on any atom is -0.451 e. The van der Waals surface area contributed by atoms with E-state index in [4.69, 9.17) is 10.2 Å². The minimum absolute atomic E-state index is 0.0670. The van der Waals surface area contributed by atoms with Crippen molar-refractivity contribution in [1.82, 2.24) is 4.90 Å². The molecule has 0 aliphatic carbocycles. The number of rotatable bonds is 5. The molecule has 0 spiro atoms. The Hall–Kier alpha value is -2.56. The van der Waals surface area contributed by atoms with E-state index in [0.29, 0.717) is 16.9 Å². The highest BCUT2D eigenvalue weighted by molar-refractivity contribution is 6.01. The van der Waals surface area contributed by atoms with Crippen molar-refractivity contribution < 1.29 is 14.0 Å². The predicted molar refractivity (Wildman–Crippen MR) is 89.1 cm³/mol. The first-order valence-corrected chi connectivity index (χ1v) is 7.64. The summed E-state index contributed by atoms with van der Waals surface area (Å²) in [4.78, 5) is 26.0. The lowest BCUT2D eigenvalue weighted by molar-refractivity contribution is 0.0644. The Morgan fingerprint density at radius 1 is 1.00 bits per heavy atom. The third kappa shape index (κ3) is 3.44. The lowest BCUT2D eigenvalue weighted by Crippen LogP contribution is -2.42. The zero-order valence-electron chi connectivity index (χ0n) is 13.9. The van der Waals surface area contributed by atoms with Crippen LogP contribution in [-0.4, -0.2) is 28.8 Å². The van der Waals surface area contributed by atoms with Crippen molar-refractivity contribution in [2.45, 2.75) is 39.8 Å². The van der Waals surface area contributed by atoms with Gasteiger partial charge in [-0.1, -0.05) is 18.2 Å². The second-order valence-electron chi connectivity index (χ2n) is 5.97. The Labute approximate surface area is 136 Å². The van der Waals surface area contributed by atoms with Gasteiger partial charge in [-0.2, -0.15) is 0 Å². The van der Waals surface area contributed by atoms with Crippen molar-refractivity contribution in [3.8, 4) is 11.3 Å². The average Bonchev–Trinajstić information content (AvgIpc) is 2.96. The Morgan fingerprint density at radius 3 is 2.13 bits per heavy atom. The van der Waals surface area contributed by atoms with Crippen LogP contribution < -0.4 is 5.73 Å². The van der Waals surface area contributed by atoms with Crippen LogP contribution in [0.5, 0.6) is 0 Å². The van der Waals surface area contributed by atoms with Gasteiger partial charge in [-0.25, -0.2) is 0 Å². The number of primary amides is 1. The van der Waals surface area contributed by atoms with Crippen LogP contribution >= 0.6 is 0 Å². The molecule has 2 aromatic rings. The number of furan rings is 1. The Morgan fingerprint density at radius 2 is 1.61 bits per heavy atom. The van der Waals surface area contributed by atoms with Crippen molar-refractivity contribution >= 4 is 11.8 Å². The van der Waals surface area contributed by atoms with E-state index in [1.165, 1.54) is 6.07 Å². The fourth-order valence-corrected chi connectivity index (χ4v) is 2.70. The number of nitrogens with two attached hydrogens (primary N) is 1. The van der Waals surface area contributed by atoms with Gasteiger partial charge in [0.2, 0.25) is 0 Å². The van der Waals surface area contributed by atoms with E-state index >= 15 is 0 Å². The van der Waals surface area contributed by atoms with E-state index in [-0.39, 0.29) is 23.8 Å². The molecule has 1 heterocycles. The monoisotopic (exact) mass is 314 g/mol. The van der Waals surface area contributed by atoms with Gasteiger partial charge in [0.05, 0.1) is 5.56 Å². The summed E-state index contributed by atoms with van der Waals surface area (Å²) in [5, 5.41) is 0. The minimum atomic E-state index is -0.633. The van der Waals surface area contributed by atoms with Gasteiger partial charge in [-0.3, -0.25) is 9.59 Å². The van der Waals surface area contributed by atoms with Gasteiger partial charge >= 0.3 is 0 Å². The van der Waals surface area contributed by atoms with E-state index in [9.17, 15) is 9.59 Å². The summed E-state index contributed by atoms with van der Waals surface area (Å²) in [6.07, 6.45) is 0. The van der Waals surface area contributed by atoms with Crippen molar-refractivity contribution in [3.05, 3.63) is 47.7 Å². The summed E-state index contributed by atoms with van der Waals surface area (Å²) in [6, 6.07) is 10.5. The smallest absolute Gasteiger partial charge is 0.284 e. The molecule has 2 amide bonds. The number of hydrogen-bond acceptors (Lipinski definition) is 3. The van der Waals surface area contributed by atoms with E-state index < -0.39 is 5.91 Å². The number of hydrogen-bond donors (Lipinski definition) is 1. The number of carbonyl (C=O) groups is 2. The van der Waals surface area contributed by atoms with E-state index in [1.807, 2.05) is 44.7 Å². The molecule has 0 saturated heterocycles. The zero-order chi connectivity index (χ0) is 17.1. The average molecular weight is 314 g/mol.